The van der Waals surface area contributed by atoms with Gasteiger partial charge in [-0.05, 0) is 103 Å². The third kappa shape index (κ3) is 8.63. The Morgan fingerprint density at radius 3 is 1.87 bits per heavy atom. The second-order valence-corrected chi connectivity index (χ2v) is 13.2. The van der Waals surface area contributed by atoms with Gasteiger partial charge in [-0.2, -0.15) is 0 Å². The smallest absolute Gasteiger partial charge is 0.346 e. The average molecular weight is 815 g/mol. The van der Waals surface area contributed by atoms with E-state index in [0.717, 1.165) is 23.3 Å². The molecule has 2 aliphatic heterocycles. The fourth-order valence-electron chi connectivity index (χ4n) is 6.06. The maximum absolute atomic E-state index is 13.6. The van der Waals surface area contributed by atoms with Crippen molar-refractivity contribution in [3.05, 3.63) is 195 Å². The number of carbonyl (C=O) groups is 7. The van der Waals surface area contributed by atoms with Gasteiger partial charge in [0.15, 0.2) is 0 Å². The minimum Gasteiger partial charge on any atom is -0.457 e. The summed E-state index contributed by atoms with van der Waals surface area (Å²) >= 11 is 0. The number of benzene rings is 6. The van der Waals surface area contributed by atoms with E-state index >= 15 is 0 Å². The van der Waals surface area contributed by atoms with Gasteiger partial charge in [0.1, 0.15) is 29.4 Å². The number of hydrogen-bond donors (Lipinski definition) is 1. The lowest BCUT2D eigenvalue weighted by atomic mass is 10.1. The third-order valence-corrected chi connectivity index (χ3v) is 9.21. The summed E-state index contributed by atoms with van der Waals surface area (Å²) in [6.45, 7) is -0.310. The monoisotopic (exact) mass is 814 g/mol. The maximum atomic E-state index is 13.6. The van der Waals surface area contributed by atoms with Crippen LogP contribution in [-0.4, -0.2) is 46.9 Å². The van der Waals surface area contributed by atoms with E-state index in [1.54, 1.807) is 36.4 Å². The summed E-state index contributed by atoms with van der Waals surface area (Å²) in [5, 5.41) is 9.87. The van der Waals surface area contributed by atoms with Crippen molar-refractivity contribution in [3.63, 3.8) is 0 Å². The Labute approximate surface area is 344 Å². The molecule has 2 aliphatic rings. The summed E-state index contributed by atoms with van der Waals surface area (Å²) in [6.07, 6.45) is -1.47. The zero-order valence-electron chi connectivity index (χ0n) is 31.2. The number of cyclic esters (lactones) is 3. The number of carbonyl (C=O) groups excluding carboxylic acids is 7. The zero-order chi connectivity index (χ0) is 42.6. The Morgan fingerprint density at radius 1 is 0.541 bits per heavy atom. The van der Waals surface area contributed by atoms with Gasteiger partial charge < -0.3 is 33.5 Å². The standard InChI is InChI=1S/C47H26O14/c48-40(57-32-16-10-27(11-17-32)7-6-26-4-2-1-3-5-26)29-12-8-28(9-13-29)25-56-43(51)38-24-33(58-41(49)30-14-19-34-36(22-30)46(54)60-44(34)52)18-21-39(38)59-42(50)31-15-20-35-37(23-31)47(55)61-45(35)53/h1-5,8-24,44,52H,25H2. The molecular formula is C47H26O14. The first-order valence-electron chi connectivity index (χ1n) is 18.2. The van der Waals surface area contributed by atoms with E-state index < -0.39 is 48.1 Å². The normalized spacial score (nSPS) is 13.4. The molecule has 6 aromatic carbocycles. The van der Waals surface area contributed by atoms with Crippen molar-refractivity contribution in [1.29, 1.82) is 0 Å². The van der Waals surface area contributed by atoms with Crippen molar-refractivity contribution >= 4 is 41.8 Å². The van der Waals surface area contributed by atoms with Gasteiger partial charge in [0.2, 0.25) is 6.29 Å². The van der Waals surface area contributed by atoms with Gasteiger partial charge in [0, 0.05) is 16.7 Å². The molecule has 1 N–H and O–H groups in total. The molecule has 14 nitrogen and oxygen atoms in total. The summed E-state index contributed by atoms with van der Waals surface area (Å²) in [7, 11) is 0. The van der Waals surface area contributed by atoms with Crippen LogP contribution in [0, 0.1) is 11.8 Å². The quantitative estimate of drug-likeness (QED) is 0.0541. The largest absolute Gasteiger partial charge is 0.457 e. The molecule has 0 amide bonds. The van der Waals surface area contributed by atoms with Gasteiger partial charge in [-0.25, -0.2) is 33.6 Å². The Hall–Kier alpha value is -8.67. The van der Waals surface area contributed by atoms with Gasteiger partial charge in [-0.15, -0.1) is 0 Å². The number of ether oxygens (including phenoxy) is 6. The van der Waals surface area contributed by atoms with Crippen molar-refractivity contribution in [2.75, 3.05) is 0 Å². The first-order valence-corrected chi connectivity index (χ1v) is 18.2. The molecule has 1 unspecified atom stereocenters. The second kappa shape index (κ2) is 16.7. The van der Waals surface area contributed by atoms with E-state index in [4.69, 9.17) is 23.7 Å². The highest BCUT2D eigenvalue weighted by Crippen LogP contribution is 2.31. The maximum Gasteiger partial charge on any atom is 0.346 e. The van der Waals surface area contributed by atoms with Crippen molar-refractivity contribution in [2.24, 2.45) is 0 Å². The Balaban J connectivity index is 0.958. The Bertz CT molecular complexity index is 2870. The molecule has 8 rings (SSSR count). The van der Waals surface area contributed by atoms with Crippen LogP contribution in [0.5, 0.6) is 17.2 Å². The van der Waals surface area contributed by atoms with E-state index in [0.29, 0.717) is 11.3 Å². The zero-order valence-corrected chi connectivity index (χ0v) is 31.2. The third-order valence-electron chi connectivity index (χ3n) is 9.21. The van der Waals surface area contributed by atoms with Crippen molar-refractivity contribution in [3.8, 4) is 29.1 Å². The molecule has 0 aromatic heterocycles. The van der Waals surface area contributed by atoms with Crippen LogP contribution in [-0.2, 0) is 20.8 Å². The lowest BCUT2D eigenvalue weighted by Gasteiger charge is -2.13. The van der Waals surface area contributed by atoms with Gasteiger partial charge in [0.25, 0.3) is 0 Å². The highest BCUT2D eigenvalue weighted by molar-refractivity contribution is 6.15. The highest BCUT2D eigenvalue weighted by atomic mass is 16.6. The fourth-order valence-corrected chi connectivity index (χ4v) is 6.06. The summed E-state index contributed by atoms with van der Waals surface area (Å²) < 4.78 is 31.4. The predicted octanol–water partition coefficient (Wildman–Crippen LogP) is 6.57. The van der Waals surface area contributed by atoms with E-state index in [2.05, 4.69) is 16.6 Å². The van der Waals surface area contributed by atoms with Crippen molar-refractivity contribution in [2.45, 2.75) is 12.9 Å². The predicted molar refractivity (Wildman–Crippen MR) is 209 cm³/mol. The molecule has 61 heavy (non-hydrogen) atoms. The molecule has 2 heterocycles. The minimum absolute atomic E-state index is 0.0293. The van der Waals surface area contributed by atoms with Gasteiger partial charge in [-0.1, -0.05) is 48.2 Å². The fraction of sp³-hybridized carbons (Fsp3) is 0.0426. The molecule has 0 saturated carbocycles. The average Bonchev–Trinajstić information content (AvgIpc) is 3.73. The van der Waals surface area contributed by atoms with Crippen LogP contribution in [0.15, 0.2) is 133 Å². The first-order chi connectivity index (χ1) is 29.5. The lowest BCUT2D eigenvalue weighted by Crippen LogP contribution is -2.15. The Kier molecular flexibility index (Phi) is 10.7. The Morgan fingerprint density at radius 2 is 1.13 bits per heavy atom. The van der Waals surface area contributed by atoms with Crippen LogP contribution in [0.3, 0.4) is 0 Å². The van der Waals surface area contributed by atoms with Crippen LogP contribution >= 0.6 is 0 Å². The van der Waals surface area contributed by atoms with E-state index in [1.165, 1.54) is 54.6 Å². The van der Waals surface area contributed by atoms with Crippen LogP contribution in [0.1, 0.15) is 101 Å². The minimum atomic E-state index is -1.47. The van der Waals surface area contributed by atoms with E-state index in [9.17, 15) is 38.7 Å². The van der Waals surface area contributed by atoms with Crippen molar-refractivity contribution < 1.29 is 67.1 Å². The van der Waals surface area contributed by atoms with Crippen LogP contribution in [0.4, 0.5) is 0 Å². The molecule has 1 atom stereocenters. The number of esters is 7. The highest BCUT2D eigenvalue weighted by Gasteiger charge is 2.32. The van der Waals surface area contributed by atoms with Crippen LogP contribution < -0.4 is 14.2 Å². The van der Waals surface area contributed by atoms with E-state index in [-0.39, 0.29) is 62.6 Å². The summed E-state index contributed by atoms with van der Waals surface area (Å²) in [4.78, 5) is 88.9. The first kappa shape index (κ1) is 39.2. The summed E-state index contributed by atoms with van der Waals surface area (Å²) in [6, 6.07) is 33.2. The second-order valence-electron chi connectivity index (χ2n) is 13.2. The topological polar surface area (TPSA) is 195 Å². The van der Waals surface area contributed by atoms with Crippen molar-refractivity contribution in [1.82, 2.24) is 0 Å². The molecular weight excluding hydrogens is 789 g/mol. The molecule has 0 saturated heterocycles. The molecule has 6 aromatic rings. The molecule has 0 spiro atoms. The van der Waals surface area contributed by atoms with Gasteiger partial charge >= 0.3 is 41.8 Å². The molecule has 298 valence electrons. The number of hydrogen-bond acceptors (Lipinski definition) is 14. The summed E-state index contributed by atoms with van der Waals surface area (Å²) in [5.41, 5.74) is 1.67. The molecule has 14 heteroatoms. The number of rotatable bonds is 9. The van der Waals surface area contributed by atoms with Crippen LogP contribution in [0.2, 0.25) is 0 Å². The van der Waals surface area contributed by atoms with Gasteiger partial charge in [-0.3, -0.25) is 0 Å². The number of fused-ring (bicyclic) bond motifs is 2. The van der Waals surface area contributed by atoms with Gasteiger partial charge in [0.05, 0.1) is 33.4 Å². The number of aliphatic hydroxyl groups is 1. The SMILES string of the molecule is O=C(Oc1ccc(C#Cc2ccccc2)cc1)c1ccc(COC(=O)c2cc(OC(=O)c3ccc4c(c3)C(=O)OC4O)ccc2OC(=O)c2ccc3c(c2)C(=O)OC3=O)cc1. The lowest BCUT2D eigenvalue weighted by molar-refractivity contribution is -0.0548. The molecule has 0 aliphatic carbocycles. The number of aliphatic hydroxyl groups excluding tert-OH is 1. The molecule has 0 bridgehead atoms. The van der Waals surface area contributed by atoms with Crippen LogP contribution in [0.25, 0.3) is 0 Å². The summed E-state index contributed by atoms with van der Waals surface area (Å²) in [5.74, 6) is -0.328. The molecule has 0 radical (unpaired) electrons. The molecule has 0 fully saturated rings. The van der Waals surface area contributed by atoms with E-state index in [1.807, 2.05) is 30.3 Å².